The normalized spacial score (nSPS) is 22.2. The molecule has 1 aromatic carbocycles. The van der Waals surface area contributed by atoms with Gasteiger partial charge in [0.2, 0.25) is 0 Å². The summed E-state index contributed by atoms with van der Waals surface area (Å²) in [4.78, 5) is 22.8. The number of benzene rings is 1. The van der Waals surface area contributed by atoms with Gasteiger partial charge in [-0.25, -0.2) is 0 Å². The van der Waals surface area contributed by atoms with E-state index in [1.165, 1.54) is 6.07 Å². The van der Waals surface area contributed by atoms with Crippen LogP contribution in [0.2, 0.25) is 0 Å². The highest BCUT2D eigenvalue weighted by Crippen LogP contribution is 2.26. The first-order chi connectivity index (χ1) is 8.97. The highest BCUT2D eigenvalue weighted by molar-refractivity contribution is 5.95. The van der Waals surface area contributed by atoms with Gasteiger partial charge in [-0.05, 0) is 43.9 Å². The highest BCUT2D eigenvalue weighted by atomic mass is 16.4. The largest absolute Gasteiger partial charge is 0.508 e. The zero-order valence-electron chi connectivity index (χ0n) is 10.7. The van der Waals surface area contributed by atoms with Crippen LogP contribution in [-0.2, 0) is 4.79 Å². The van der Waals surface area contributed by atoms with Crippen LogP contribution in [0.1, 0.15) is 35.2 Å². The van der Waals surface area contributed by atoms with E-state index in [0.29, 0.717) is 30.4 Å². The average molecular weight is 263 g/mol. The number of phenolic OH excluding ortho intramolecular Hbond substituents is 1. The van der Waals surface area contributed by atoms with Crippen molar-refractivity contribution in [2.45, 2.75) is 32.2 Å². The van der Waals surface area contributed by atoms with E-state index in [1.807, 2.05) is 0 Å². The number of rotatable bonds is 3. The van der Waals surface area contributed by atoms with Crippen LogP contribution in [-0.4, -0.2) is 28.1 Å². The van der Waals surface area contributed by atoms with Gasteiger partial charge in [-0.2, -0.15) is 0 Å². The molecule has 0 radical (unpaired) electrons. The van der Waals surface area contributed by atoms with Gasteiger partial charge in [0, 0.05) is 11.6 Å². The van der Waals surface area contributed by atoms with E-state index in [0.717, 1.165) is 0 Å². The molecule has 19 heavy (non-hydrogen) atoms. The van der Waals surface area contributed by atoms with E-state index in [9.17, 15) is 14.7 Å². The number of aromatic hydroxyl groups is 1. The fourth-order valence-electron chi connectivity index (χ4n) is 2.36. The molecule has 1 saturated carbocycles. The van der Waals surface area contributed by atoms with Crippen LogP contribution in [0.4, 0.5) is 0 Å². The minimum absolute atomic E-state index is 0.0856. The van der Waals surface area contributed by atoms with E-state index >= 15 is 0 Å². The van der Waals surface area contributed by atoms with Gasteiger partial charge < -0.3 is 15.5 Å². The highest BCUT2D eigenvalue weighted by Gasteiger charge is 2.30. The molecule has 1 aliphatic carbocycles. The first-order valence-electron chi connectivity index (χ1n) is 6.30. The Kier molecular flexibility index (Phi) is 3.74. The van der Waals surface area contributed by atoms with Crippen molar-refractivity contribution in [3.8, 4) is 5.75 Å². The van der Waals surface area contributed by atoms with E-state index in [4.69, 9.17) is 5.11 Å². The van der Waals surface area contributed by atoms with Crippen molar-refractivity contribution >= 4 is 11.9 Å². The Hall–Kier alpha value is -2.04. The summed E-state index contributed by atoms with van der Waals surface area (Å²) < 4.78 is 0. The Morgan fingerprint density at radius 1 is 1.32 bits per heavy atom. The number of aryl methyl sites for hydroxylation is 1. The monoisotopic (exact) mass is 263 g/mol. The number of nitrogens with one attached hydrogen (secondary N) is 1. The quantitative estimate of drug-likeness (QED) is 0.774. The maximum Gasteiger partial charge on any atom is 0.306 e. The van der Waals surface area contributed by atoms with Crippen molar-refractivity contribution in [2.75, 3.05) is 0 Å². The van der Waals surface area contributed by atoms with Crippen LogP contribution < -0.4 is 5.32 Å². The summed E-state index contributed by atoms with van der Waals surface area (Å²) in [7, 11) is 0. The molecule has 0 aromatic heterocycles. The predicted molar refractivity (Wildman–Crippen MR) is 69.1 cm³/mol. The molecule has 2 rings (SSSR count). The van der Waals surface area contributed by atoms with Gasteiger partial charge in [0.1, 0.15) is 5.75 Å². The molecule has 5 nitrogen and oxygen atoms in total. The van der Waals surface area contributed by atoms with Crippen LogP contribution in [0.15, 0.2) is 18.2 Å². The zero-order chi connectivity index (χ0) is 14.0. The Morgan fingerprint density at radius 2 is 2.05 bits per heavy atom. The summed E-state index contributed by atoms with van der Waals surface area (Å²) in [5, 5.41) is 21.3. The maximum atomic E-state index is 12.0. The minimum Gasteiger partial charge on any atom is -0.508 e. The lowest BCUT2D eigenvalue weighted by molar-refractivity contribution is -0.141. The van der Waals surface area contributed by atoms with Crippen LogP contribution in [0.5, 0.6) is 5.75 Å². The lowest BCUT2D eigenvalue weighted by Gasteiger charge is -2.12. The van der Waals surface area contributed by atoms with Crippen molar-refractivity contribution in [1.82, 2.24) is 5.32 Å². The lowest BCUT2D eigenvalue weighted by atomic mass is 10.1. The van der Waals surface area contributed by atoms with Gasteiger partial charge in [0.25, 0.3) is 5.91 Å². The van der Waals surface area contributed by atoms with Gasteiger partial charge in [0.15, 0.2) is 0 Å². The number of aliphatic carboxylic acids is 1. The van der Waals surface area contributed by atoms with Gasteiger partial charge in [0.05, 0.1) is 5.92 Å². The third-order valence-electron chi connectivity index (χ3n) is 3.59. The number of amides is 1. The number of hydrogen-bond donors (Lipinski definition) is 3. The van der Waals surface area contributed by atoms with Crippen LogP contribution >= 0.6 is 0 Å². The predicted octanol–water partition coefficient (Wildman–Crippen LogP) is 1.68. The molecule has 0 unspecified atom stereocenters. The van der Waals surface area contributed by atoms with Gasteiger partial charge >= 0.3 is 5.97 Å². The molecule has 5 heteroatoms. The van der Waals surface area contributed by atoms with Crippen molar-refractivity contribution in [3.63, 3.8) is 0 Å². The van der Waals surface area contributed by atoms with Crippen molar-refractivity contribution < 1.29 is 19.8 Å². The lowest BCUT2D eigenvalue weighted by Crippen LogP contribution is -2.33. The Morgan fingerprint density at radius 3 is 2.63 bits per heavy atom. The topological polar surface area (TPSA) is 86.6 Å². The van der Waals surface area contributed by atoms with E-state index in [2.05, 4.69) is 5.32 Å². The van der Waals surface area contributed by atoms with Crippen LogP contribution in [0, 0.1) is 12.8 Å². The van der Waals surface area contributed by atoms with Crippen molar-refractivity contribution in [2.24, 2.45) is 5.92 Å². The first-order valence-corrected chi connectivity index (χ1v) is 6.30. The Balaban J connectivity index is 1.98. The zero-order valence-corrected chi connectivity index (χ0v) is 10.7. The molecule has 1 aliphatic rings. The number of carbonyl (C=O) groups is 2. The molecule has 1 aromatic rings. The van der Waals surface area contributed by atoms with Crippen molar-refractivity contribution in [3.05, 3.63) is 29.3 Å². The summed E-state index contributed by atoms with van der Waals surface area (Å²) >= 11 is 0. The molecule has 0 aliphatic heterocycles. The molecule has 0 spiro atoms. The second kappa shape index (κ2) is 5.30. The molecule has 102 valence electrons. The molecule has 0 heterocycles. The number of carboxylic acid groups (broad SMARTS) is 1. The SMILES string of the molecule is Cc1ccc(C(=O)N[C@H]2CC[C@@H](C(=O)O)C2)cc1O. The van der Waals surface area contributed by atoms with E-state index < -0.39 is 5.97 Å². The van der Waals surface area contributed by atoms with Crippen LogP contribution in [0.25, 0.3) is 0 Å². The maximum absolute atomic E-state index is 12.0. The molecular formula is C14H17NO4. The minimum atomic E-state index is -0.801. The second-order valence-corrected chi connectivity index (χ2v) is 5.02. The number of carbonyl (C=O) groups excluding carboxylic acids is 1. The molecular weight excluding hydrogens is 246 g/mol. The fraction of sp³-hybridized carbons (Fsp3) is 0.429. The summed E-state index contributed by atoms with van der Waals surface area (Å²) in [6.45, 7) is 1.76. The Bertz CT molecular complexity index is 512. The number of carboxylic acids is 1. The van der Waals surface area contributed by atoms with Crippen LogP contribution in [0.3, 0.4) is 0 Å². The smallest absolute Gasteiger partial charge is 0.306 e. The summed E-state index contributed by atoms with van der Waals surface area (Å²) in [6, 6.07) is 4.65. The Labute approximate surface area is 111 Å². The van der Waals surface area contributed by atoms with Gasteiger partial charge in [-0.1, -0.05) is 6.07 Å². The number of phenols is 1. The molecule has 0 saturated heterocycles. The third kappa shape index (κ3) is 3.05. The summed E-state index contributed by atoms with van der Waals surface area (Å²) in [6.07, 6.45) is 1.75. The van der Waals surface area contributed by atoms with Gasteiger partial charge in [-0.15, -0.1) is 0 Å². The molecule has 1 amide bonds. The molecule has 0 bridgehead atoms. The second-order valence-electron chi connectivity index (χ2n) is 5.02. The third-order valence-corrected chi connectivity index (χ3v) is 3.59. The number of hydrogen-bond acceptors (Lipinski definition) is 3. The molecule has 3 N–H and O–H groups in total. The van der Waals surface area contributed by atoms with Crippen molar-refractivity contribution in [1.29, 1.82) is 0 Å². The fourth-order valence-corrected chi connectivity index (χ4v) is 2.36. The average Bonchev–Trinajstić information content (AvgIpc) is 2.81. The first kappa shape index (κ1) is 13.4. The van der Waals surface area contributed by atoms with E-state index in [1.54, 1.807) is 19.1 Å². The summed E-state index contributed by atoms with van der Waals surface area (Å²) in [5.74, 6) is -1.35. The standard InChI is InChI=1S/C14H17NO4/c1-8-2-3-9(7-12(8)16)13(17)15-11-5-4-10(6-11)14(18)19/h2-3,7,10-11,16H,4-6H2,1H3,(H,15,17)(H,18,19)/t10-,11+/m1/s1. The van der Waals surface area contributed by atoms with Gasteiger partial charge in [-0.3, -0.25) is 9.59 Å². The van der Waals surface area contributed by atoms with E-state index in [-0.39, 0.29) is 23.6 Å². The summed E-state index contributed by atoms with van der Waals surface area (Å²) in [5.41, 5.74) is 1.10. The molecule has 1 fully saturated rings. The molecule has 2 atom stereocenters.